The van der Waals surface area contributed by atoms with Gasteiger partial charge in [-0.25, -0.2) is 4.21 Å². The highest BCUT2D eigenvalue weighted by molar-refractivity contribution is 7.86. The smallest absolute Gasteiger partial charge is 0.255 e. The molecule has 6 heteroatoms. The van der Waals surface area contributed by atoms with Gasteiger partial charge in [0, 0.05) is 46.4 Å². The zero-order valence-electron chi connectivity index (χ0n) is 17.7. The number of nitrogens with zero attached hydrogens (tertiary/aromatic N) is 2. The molecule has 0 radical (unpaired) electrons. The molecule has 1 saturated heterocycles. The highest BCUT2D eigenvalue weighted by Gasteiger charge is 2.20. The number of nitrogens with one attached hydrogen (secondary N) is 1. The molecule has 1 aromatic heterocycles. The third kappa shape index (κ3) is 3.89. The van der Waals surface area contributed by atoms with E-state index in [1.54, 1.807) is 12.1 Å². The molecule has 0 bridgehead atoms. The first-order valence-corrected chi connectivity index (χ1v) is 11.9. The van der Waals surface area contributed by atoms with Gasteiger partial charge in [0.25, 0.3) is 5.91 Å². The van der Waals surface area contributed by atoms with Crippen molar-refractivity contribution >= 4 is 39.0 Å². The third-order valence-corrected chi connectivity index (χ3v) is 7.30. The Morgan fingerprint density at radius 3 is 2.62 bits per heavy atom. The van der Waals surface area contributed by atoms with Crippen molar-refractivity contribution in [3.8, 4) is 11.3 Å². The Kier molecular flexibility index (Phi) is 5.45. The van der Waals surface area contributed by atoms with Gasteiger partial charge in [-0.15, -0.1) is 0 Å². The van der Waals surface area contributed by atoms with Crippen LogP contribution in [0.3, 0.4) is 0 Å². The summed E-state index contributed by atoms with van der Waals surface area (Å²) in [5.74, 6) is 0.522. The number of hydrogen-bond acceptors (Lipinski definition) is 3. The van der Waals surface area contributed by atoms with Crippen molar-refractivity contribution in [1.82, 2.24) is 4.98 Å². The molecule has 1 aliphatic heterocycles. The van der Waals surface area contributed by atoms with Crippen LogP contribution >= 0.6 is 0 Å². The van der Waals surface area contributed by atoms with Crippen LogP contribution in [0, 0.1) is 6.92 Å². The first-order valence-electron chi connectivity index (χ1n) is 10.6. The maximum atomic E-state index is 12.9. The molecule has 1 atom stereocenters. The second-order valence-corrected chi connectivity index (χ2v) is 9.38. The summed E-state index contributed by atoms with van der Waals surface area (Å²) < 4.78 is 13.9. The van der Waals surface area contributed by atoms with Crippen LogP contribution in [-0.2, 0) is 11.0 Å². The van der Waals surface area contributed by atoms with Gasteiger partial charge >= 0.3 is 0 Å². The molecule has 2 heterocycles. The predicted molar refractivity (Wildman–Crippen MR) is 131 cm³/mol. The Hall–Kier alpha value is -3.51. The first kappa shape index (κ1) is 20.4. The van der Waals surface area contributed by atoms with Crippen LogP contribution in [0.25, 0.3) is 22.0 Å². The van der Waals surface area contributed by atoms with Crippen LogP contribution < -0.4 is 9.62 Å². The van der Waals surface area contributed by atoms with Gasteiger partial charge in [-0.2, -0.15) is 0 Å². The Bertz CT molecular complexity index is 1330. The van der Waals surface area contributed by atoms with E-state index in [-0.39, 0.29) is 5.91 Å². The van der Waals surface area contributed by atoms with Crippen LogP contribution in [0.15, 0.2) is 79.0 Å². The first-order chi connectivity index (χ1) is 15.6. The van der Waals surface area contributed by atoms with Gasteiger partial charge < -0.3 is 5.32 Å². The number of benzene rings is 3. The van der Waals surface area contributed by atoms with Crippen molar-refractivity contribution in [2.75, 3.05) is 21.9 Å². The molecule has 5 rings (SSSR count). The quantitative estimate of drug-likeness (QED) is 0.465. The van der Waals surface area contributed by atoms with Crippen LogP contribution in [0.2, 0.25) is 0 Å². The number of aromatic nitrogens is 1. The second-order valence-electron chi connectivity index (χ2n) is 7.89. The number of carbonyl (C=O) groups is 1. The van der Waals surface area contributed by atoms with Gasteiger partial charge in [0.2, 0.25) is 0 Å². The molecule has 1 aliphatic rings. The maximum Gasteiger partial charge on any atom is 0.255 e. The molecule has 1 fully saturated rings. The molecular formula is C26H23N3O2S. The zero-order chi connectivity index (χ0) is 22.1. The van der Waals surface area contributed by atoms with Gasteiger partial charge in [0.05, 0.1) is 5.69 Å². The van der Waals surface area contributed by atoms with Gasteiger partial charge in [0.15, 0.2) is 0 Å². The summed E-state index contributed by atoms with van der Waals surface area (Å²) in [6.07, 6.45) is 2.74. The molecule has 5 nitrogen and oxygen atoms in total. The lowest BCUT2D eigenvalue weighted by Crippen LogP contribution is -2.19. The lowest BCUT2D eigenvalue weighted by Gasteiger charge is -2.16. The topological polar surface area (TPSA) is 62.3 Å². The molecule has 160 valence electrons. The molecule has 3 aromatic carbocycles. The summed E-state index contributed by atoms with van der Waals surface area (Å²) >= 11 is 0. The fourth-order valence-electron chi connectivity index (χ4n) is 4.02. The van der Waals surface area contributed by atoms with E-state index in [2.05, 4.69) is 22.4 Å². The zero-order valence-corrected chi connectivity index (χ0v) is 18.6. The third-order valence-electron chi connectivity index (χ3n) is 5.78. The predicted octanol–water partition coefficient (Wildman–Crippen LogP) is 5.34. The molecule has 1 amide bonds. The minimum Gasteiger partial charge on any atom is -0.322 e. The van der Waals surface area contributed by atoms with Crippen LogP contribution in [0.4, 0.5) is 11.4 Å². The van der Waals surface area contributed by atoms with E-state index in [9.17, 15) is 9.00 Å². The van der Waals surface area contributed by atoms with Crippen LogP contribution in [0.5, 0.6) is 0 Å². The highest BCUT2D eigenvalue weighted by atomic mass is 32.2. The number of pyridine rings is 1. The maximum absolute atomic E-state index is 12.9. The van der Waals surface area contributed by atoms with Crippen molar-refractivity contribution in [3.05, 3.63) is 90.1 Å². The number of rotatable bonds is 4. The minimum absolute atomic E-state index is 0.176. The molecule has 0 spiro atoms. The fraction of sp³-hybridized carbons (Fsp3) is 0.154. The van der Waals surface area contributed by atoms with E-state index in [1.165, 1.54) is 0 Å². The van der Waals surface area contributed by atoms with Gasteiger partial charge in [0.1, 0.15) is 11.0 Å². The van der Waals surface area contributed by atoms with Crippen molar-refractivity contribution < 1.29 is 9.00 Å². The number of hydrogen-bond donors (Lipinski definition) is 1. The Labute approximate surface area is 189 Å². The lowest BCUT2D eigenvalue weighted by atomic mass is 10.0. The average Bonchev–Trinajstić information content (AvgIpc) is 3.26. The summed E-state index contributed by atoms with van der Waals surface area (Å²) in [5, 5.41) is 5.24. The van der Waals surface area contributed by atoms with E-state index in [4.69, 9.17) is 0 Å². The highest BCUT2D eigenvalue weighted by Crippen LogP contribution is 2.30. The molecule has 1 N–H and O–H groups in total. The fourth-order valence-corrected chi connectivity index (χ4v) is 5.30. The number of fused-ring (bicyclic) bond motifs is 1. The van der Waals surface area contributed by atoms with E-state index in [0.29, 0.717) is 11.3 Å². The summed E-state index contributed by atoms with van der Waals surface area (Å²) in [5.41, 5.74) is 5.03. The Balaban J connectivity index is 1.41. The largest absolute Gasteiger partial charge is 0.322 e. The Morgan fingerprint density at radius 1 is 1.03 bits per heavy atom. The molecule has 0 saturated carbocycles. The van der Waals surface area contributed by atoms with Crippen molar-refractivity contribution in [3.63, 3.8) is 0 Å². The second kappa shape index (κ2) is 8.55. The summed E-state index contributed by atoms with van der Waals surface area (Å²) in [4.78, 5) is 17.5. The van der Waals surface area contributed by atoms with Gasteiger partial charge in [-0.3, -0.25) is 14.1 Å². The van der Waals surface area contributed by atoms with Gasteiger partial charge in [-0.1, -0.05) is 36.4 Å². The molecule has 1 unspecified atom stereocenters. The lowest BCUT2D eigenvalue weighted by molar-refractivity contribution is 0.102. The van der Waals surface area contributed by atoms with Crippen molar-refractivity contribution in [2.45, 2.75) is 13.3 Å². The minimum atomic E-state index is -0.968. The molecule has 4 aromatic rings. The van der Waals surface area contributed by atoms with Crippen LogP contribution in [0.1, 0.15) is 22.3 Å². The molecule has 0 aliphatic carbocycles. The molecular weight excluding hydrogens is 418 g/mol. The van der Waals surface area contributed by atoms with Gasteiger partial charge in [-0.05, 0) is 60.7 Å². The number of carbonyl (C=O) groups excluding carboxylic acids is 1. The van der Waals surface area contributed by atoms with E-state index >= 15 is 0 Å². The Morgan fingerprint density at radius 2 is 1.84 bits per heavy atom. The summed E-state index contributed by atoms with van der Waals surface area (Å²) in [6.45, 7) is 2.76. The average molecular weight is 442 g/mol. The standard InChI is InChI=1S/C26H23N3O2S/c1-18-7-8-21(25-23-6-3-2-5-19(23)13-14-27-25)17-24(18)28-26(30)20-9-11-22(12-10-20)29-15-4-16-32(29)31/h2-3,5-14,17H,4,15-16H2,1H3,(H,28,30). The number of anilines is 2. The SMILES string of the molecule is Cc1ccc(-c2nccc3ccccc23)cc1NC(=O)c1ccc(N2CCCS2=O)cc1. The van der Waals surface area contributed by atoms with Crippen molar-refractivity contribution in [1.29, 1.82) is 0 Å². The van der Waals surface area contributed by atoms with Crippen LogP contribution in [-0.4, -0.2) is 27.4 Å². The summed E-state index contributed by atoms with van der Waals surface area (Å²) in [7, 11) is -0.968. The van der Waals surface area contributed by atoms with E-state index in [1.807, 2.05) is 66.0 Å². The summed E-state index contributed by atoms with van der Waals surface area (Å²) in [6, 6.07) is 23.4. The van der Waals surface area contributed by atoms with E-state index < -0.39 is 11.0 Å². The van der Waals surface area contributed by atoms with E-state index in [0.717, 1.165) is 51.9 Å². The monoisotopic (exact) mass is 441 g/mol. The number of aryl methyl sites for hydroxylation is 1. The normalized spacial score (nSPS) is 15.8. The van der Waals surface area contributed by atoms with Crippen molar-refractivity contribution in [2.24, 2.45) is 0 Å². The molecule has 32 heavy (non-hydrogen) atoms. The number of amides is 1.